The molecule has 1 N–H and O–H groups in total. The molecule has 0 unspecified atom stereocenters. The highest BCUT2D eigenvalue weighted by Crippen LogP contribution is 2.23. The van der Waals surface area contributed by atoms with E-state index in [4.69, 9.17) is 5.26 Å². The van der Waals surface area contributed by atoms with Crippen LogP contribution >= 0.6 is 0 Å². The van der Waals surface area contributed by atoms with Crippen LogP contribution in [0.15, 0.2) is 29.2 Å². The molecule has 0 radical (unpaired) electrons. The molecule has 0 aliphatic heterocycles. The number of benzene rings is 1. The van der Waals surface area contributed by atoms with Gasteiger partial charge in [0.15, 0.2) is 12.1 Å². The van der Waals surface area contributed by atoms with Gasteiger partial charge in [-0.25, -0.2) is 13.1 Å². The smallest absolute Gasteiger partial charge is 0.253 e. The molecule has 0 amide bonds. The van der Waals surface area contributed by atoms with Gasteiger partial charge in [-0.2, -0.15) is 10.0 Å². The highest BCUT2D eigenvalue weighted by molar-refractivity contribution is 7.89. The van der Waals surface area contributed by atoms with Crippen LogP contribution in [0, 0.1) is 23.5 Å². The average molecular weight is 321 g/mol. The summed E-state index contributed by atoms with van der Waals surface area (Å²) in [6.07, 6.45) is 3.77. The number of nitrogens with one attached hydrogen (secondary N) is 1. The van der Waals surface area contributed by atoms with Crippen molar-refractivity contribution in [2.24, 2.45) is 0 Å². The van der Waals surface area contributed by atoms with E-state index < -0.39 is 22.1 Å². The molecule has 0 aromatic heterocycles. The van der Waals surface area contributed by atoms with Gasteiger partial charge in [0.05, 0.1) is 10.9 Å². The normalized spacial score (nSPS) is 23.0. The first-order valence-corrected chi connectivity index (χ1v) is 8.70. The van der Waals surface area contributed by atoms with E-state index in [1.54, 1.807) is 30.3 Å². The molecule has 0 bridgehead atoms. The number of sulfonamides is 1. The second-order valence-corrected chi connectivity index (χ2v) is 7.22. The Kier molecular flexibility index (Phi) is 5.16. The quantitative estimate of drug-likeness (QED) is 0.395. The number of rotatable bonds is 4. The Hall–Kier alpha value is -1.91. The standard InChI is InChI=1S/C15H19N3O3S/c1-12-6-8-13(9-7-12)22(20,21)17-14-4-2-3-5-15(14)18(19)11-10-16/h6-9,11,14-15,17H,2-5H2,1H3/b18-11+/t14-,15-/m1/s1. The van der Waals surface area contributed by atoms with Crippen molar-refractivity contribution in [3.05, 3.63) is 35.0 Å². The number of aryl methyl sites for hydroxylation is 1. The second kappa shape index (κ2) is 6.90. The SMILES string of the molecule is Cc1ccc(S(=O)(=O)N[C@@H]2CCCC[C@H]2/[N+]([O-])=C\C#N)cc1. The molecular formula is C15H19N3O3S. The first-order valence-electron chi connectivity index (χ1n) is 7.21. The lowest BCUT2D eigenvalue weighted by atomic mass is 9.91. The lowest BCUT2D eigenvalue weighted by molar-refractivity contribution is -0.503. The van der Waals surface area contributed by atoms with Crippen molar-refractivity contribution in [3.8, 4) is 6.07 Å². The van der Waals surface area contributed by atoms with E-state index in [1.807, 2.05) is 6.92 Å². The molecule has 2 rings (SSSR count). The molecule has 6 nitrogen and oxygen atoms in total. The van der Waals surface area contributed by atoms with Gasteiger partial charge in [-0.3, -0.25) is 0 Å². The van der Waals surface area contributed by atoms with Gasteiger partial charge in [0.2, 0.25) is 10.0 Å². The van der Waals surface area contributed by atoms with Crippen LogP contribution in [0.1, 0.15) is 31.2 Å². The van der Waals surface area contributed by atoms with Gasteiger partial charge in [0.1, 0.15) is 0 Å². The minimum Gasteiger partial charge on any atom is -0.623 e. The van der Waals surface area contributed by atoms with Crippen LogP contribution in [0.25, 0.3) is 0 Å². The van der Waals surface area contributed by atoms with E-state index in [0.29, 0.717) is 17.6 Å². The van der Waals surface area contributed by atoms with Crippen molar-refractivity contribution in [2.45, 2.75) is 49.6 Å². The molecule has 1 aromatic carbocycles. The summed E-state index contributed by atoms with van der Waals surface area (Å²) in [4.78, 5) is 0.184. The van der Waals surface area contributed by atoms with E-state index in [9.17, 15) is 13.6 Å². The molecule has 0 saturated heterocycles. The molecule has 1 aromatic rings. The molecule has 7 heteroatoms. The van der Waals surface area contributed by atoms with Crippen LogP contribution in [0.3, 0.4) is 0 Å². The van der Waals surface area contributed by atoms with Crippen molar-refractivity contribution in [2.75, 3.05) is 0 Å². The van der Waals surface area contributed by atoms with Crippen LogP contribution < -0.4 is 4.72 Å². The van der Waals surface area contributed by atoms with Crippen LogP contribution in [-0.2, 0) is 10.0 Å². The number of nitriles is 1. The van der Waals surface area contributed by atoms with Crippen LogP contribution in [-0.4, -0.2) is 31.5 Å². The Labute approximate surface area is 130 Å². The lowest BCUT2D eigenvalue weighted by Crippen LogP contribution is -2.49. The van der Waals surface area contributed by atoms with Gasteiger partial charge in [0.25, 0.3) is 6.21 Å². The van der Waals surface area contributed by atoms with E-state index in [2.05, 4.69) is 4.72 Å². The molecule has 0 spiro atoms. The molecule has 1 saturated carbocycles. The predicted molar refractivity (Wildman–Crippen MR) is 82.8 cm³/mol. The van der Waals surface area contributed by atoms with Gasteiger partial charge in [-0.15, -0.1) is 0 Å². The fraction of sp³-hybridized carbons (Fsp3) is 0.467. The third kappa shape index (κ3) is 3.84. The molecule has 22 heavy (non-hydrogen) atoms. The highest BCUT2D eigenvalue weighted by Gasteiger charge is 2.34. The first kappa shape index (κ1) is 16.5. The highest BCUT2D eigenvalue weighted by atomic mass is 32.2. The minimum atomic E-state index is -3.67. The molecule has 0 heterocycles. The summed E-state index contributed by atoms with van der Waals surface area (Å²) < 4.78 is 28.1. The summed E-state index contributed by atoms with van der Waals surface area (Å²) in [5.41, 5.74) is 0.976. The van der Waals surface area contributed by atoms with Crippen molar-refractivity contribution in [1.82, 2.24) is 4.72 Å². The van der Waals surface area contributed by atoms with E-state index in [0.717, 1.165) is 24.6 Å². The fourth-order valence-electron chi connectivity index (χ4n) is 2.69. The maximum Gasteiger partial charge on any atom is 0.253 e. The summed E-state index contributed by atoms with van der Waals surface area (Å²) in [5, 5.41) is 20.5. The second-order valence-electron chi connectivity index (χ2n) is 5.51. The molecule has 118 valence electrons. The monoisotopic (exact) mass is 321 g/mol. The Morgan fingerprint density at radius 2 is 1.95 bits per heavy atom. The number of hydrogen-bond acceptors (Lipinski definition) is 4. The number of nitrogens with zero attached hydrogens (tertiary/aromatic N) is 2. The summed E-state index contributed by atoms with van der Waals surface area (Å²) in [5.74, 6) is 0. The van der Waals surface area contributed by atoms with Gasteiger partial charge < -0.3 is 5.21 Å². The summed E-state index contributed by atoms with van der Waals surface area (Å²) >= 11 is 0. The maximum atomic E-state index is 12.4. The molecule has 1 aliphatic carbocycles. The summed E-state index contributed by atoms with van der Waals surface area (Å²) in [6, 6.07) is 7.24. The van der Waals surface area contributed by atoms with Gasteiger partial charge in [-0.05, 0) is 31.9 Å². The summed E-state index contributed by atoms with van der Waals surface area (Å²) in [6.45, 7) is 1.88. The van der Waals surface area contributed by atoms with E-state index >= 15 is 0 Å². The number of hydroxylamine groups is 1. The molecule has 2 atom stereocenters. The van der Waals surface area contributed by atoms with Crippen molar-refractivity contribution >= 4 is 16.2 Å². The maximum absolute atomic E-state index is 12.4. The van der Waals surface area contributed by atoms with Crippen LogP contribution in [0.2, 0.25) is 0 Å². The van der Waals surface area contributed by atoms with Crippen LogP contribution in [0.4, 0.5) is 0 Å². The molecule has 1 aliphatic rings. The minimum absolute atomic E-state index is 0.184. The third-order valence-corrected chi connectivity index (χ3v) is 5.38. The zero-order valence-corrected chi connectivity index (χ0v) is 13.2. The Balaban J connectivity index is 2.21. The zero-order valence-electron chi connectivity index (χ0n) is 12.4. The first-order chi connectivity index (χ1) is 10.4. The Bertz CT molecular complexity index is 690. The van der Waals surface area contributed by atoms with E-state index in [-0.39, 0.29) is 4.90 Å². The third-order valence-electron chi connectivity index (χ3n) is 3.88. The van der Waals surface area contributed by atoms with Gasteiger partial charge in [-0.1, -0.05) is 24.1 Å². The fourth-order valence-corrected chi connectivity index (χ4v) is 3.99. The Morgan fingerprint density at radius 3 is 2.59 bits per heavy atom. The predicted octanol–water partition coefficient (Wildman–Crippen LogP) is 1.69. The number of hydrogen-bond donors (Lipinski definition) is 1. The van der Waals surface area contributed by atoms with Crippen molar-refractivity contribution in [1.29, 1.82) is 5.26 Å². The van der Waals surface area contributed by atoms with Gasteiger partial charge >= 0.3 is 0 Å². The van der Waals surface area contributed by atoms with Crippen molar-refractivity contribution in [3.63, 3.8) is 0 Å². The topological polar surface area (TPSA) is 96.0 Å². The van der Waals surface area contributed by atoms with Gasteiger partial charge in [0, 0.05) is 6.42 Å². The lowest BCUT2D eigenvalue weighted by Gasteiger charge is -2.29. The average Bonchev–Trinajstić information content (AvgIpc) is 2.48. The Morgan fingerprint density at radius 1 is 1.32 bits per heavy atom. The summed E-state index contributed by atoms with van der Waals surface area (Å²) in [7, 11) is -3.67. The van der Waals surface area contributed by atoms with Crippen LogP contribution in [0.5, 0.6) is 0 Å². The molecule has 1 fully saturated rings. The zero-order chi connectivity index (χ0) is 16.2. The molecular weight excluding hydrogens is 302 g/mol. The van der Waals surface area contributed by atoms with Crippen molar-refractivity contribution < 1.29 is 13.2 Å². The van der Waals surface area contributed by atoms with E-state index in [1.165, 1.54) is 0 Å². The largest absolute Gasteiger partial charge is 0.623 e.